The van der Waals surface area contributed by atoms with Crippen molar-refractivity contribution in [3.63, 3.8) is 0 Å². The number of hydrogen-bond donors (Lipinski definition) is 0. The van der Waals surface area contributed by atoms with Crippen LogP contribution < -0.4 is 63.3 Å². The van der Waals surface area contributed by atoms with Gasteiger partial charge in [-0.1, -0.05) is 13.3 Å². The Hall–Kier alpha value is 1.24. The zero-order valence-electron chi connectivity index (χ0n) is 7.33. The van der Waals surface area contributed by atoms with E-state index in [2.05, 4.69) is 4.99 Å². The first kappa shape index (κ1) is 12.2. The van der Waals surface area contributed by atoms with Crippen molar-refractivity contribution in [3.05, 3.63) is 0 Å². The standard InChI is InChI=1S/C7H12NO2.Rb/c1-3-7(9)6-4-10-5(2)8-6;/h6-7H,3-4H2,1-2H3;/q-1;+1/t6?,7-;/m0./s1. The summed E-state index contributed by atoms with van der Waals surface area (Å²) in [6, 6.07) is -0.134. The van der Waals surface area contributed by atoms with Gasteiger partial charge in [0, 0.05) is 6.92 Å². The summed E-state index contributed by atoms with van der Waals surface area (Å²) in [6.07, 6.45) is 0.0441. The van der Waals surface area contributed by atoms with Crippen molar-refractivity contribution < 1.29 is 68.0 Å². The van der Waals surface area contributed by atoms with Gasteiger partial charge < -0.3 is 9.84 Å². The molecule has 1 rings (SSSR count). The molecule has 2 atom stereocenters. The fourth-order valence-corrected chi connectivity index (χ4v) is 0.977. The minimum absolute atomic E-state index is 0. The average molecular weight is 228 g/mol. The quantitative estimate of drug-likeness (QED) is 0.503. The summed E-state index contributed by atoms with van der Waals surface area (Å²) >= 11 is 0. The van der Waals surface area contributed by atoms with Crippen molar-refractivity contribution in [3.8, 4) is 0 Å². The topological polar surface area (TPSA) is 44.6 Å². The number of ether oxygens (including phenoxy) is 1. The van der Waals surface area contributed by atoms with Gasteiger partial charge >= 0.3 is 58.2 Å². The van der Waals surface area contributed by atoms with Gasteiger partial charge in [0.25, 0.3) is 0 Å². The first-order valence-corrected chi connectivity index (χ1v) is 3.57. The van der Waals surface area contributed by atoms with Crippen LogP contribution in [0, 0.1) is 0 Å². The molecule has 3 nitrogen and oxygen atoms in total. The maximum atomic E-state index is 11.1. The zero-order valence-corrected chi connectivity index (χ0v) is 12.2. The summed E-state index contributed by atoms with van der Waals surface area (Å²) in [5.41, 5.74) is 0. The van der Waals surface area contributed by atoms with Gasteiger partial charge in [0.1, 0.15) is 6.61 Å². The Morgan fingerprint density at radius 2 is 2.45 bits per heavy atom. The van der Waals surface area contributed by atoms with E-state index >= 15 is 0 Å². The molecule has 0 aromatic heterocycles. The van der Waals surface area contributed by atoms with E-state index in [0.29, 0.717) is 18.9 Å². The Bertz CT molecular complexity index is 149. The van der Waals surface area contributed by atoms with Gasteiger partial charge in [0.15, 0.2) is 5.90 Å². The van der Waals surface area contributed by atoms with Crippen LogP contribution in [0.4, 0.5) is 0 Å². The Morgan fingerprint density at radius 1 is 1.82 bits per heavy atom. The van der Waals surface area contributed by atoms with Gasteiger partial charge in [0.2, 0.25) is 0 Å². The van der Waals surface area contributed by atoms with Crippen LogP contribution in [0.1, 0.15) is 20.3 Å². The van der Waals surface area contributed by atoms with Crippen LogP contribution in [0.25, 0.3) is 0 Å². The van der Waals surface area contributed by atoms with Gasteiger partial charge in [-0.15, -0.1) is 6.10 Å². The summed E-state index contributed by atoms with van der Waals surface area (Å²) in [5.74, 6) is 0.652. The molecule has 1 heterocycles. The first-order chi connectivity index (χ1) is 4.74. The summed E-state index contributed by atoms with van der Waals surface area (Å²) in [4.78, 5) is 4.04. The maximum absolute atomic E-state index is 11.1. The van der Waals surface area contributed by atoms with Gasteiger partial charge in [-0.05, 0) is 0 Å². The van der Waals surface area contributed by atoms with E-state index in [1.165, 1.54) is 0 Å². The summed E-state index contributed by atoms with van der Waals surface area (Å²) in [5, 5.41) is 11.1. The fraction of sp³-hybridized carbons (Fsp3) is 0.857. The third kappa shape index (κ3) is 3.64. The van der Waals surface area contributed by atoms with E-state index in [9.17, 15) is 5.11 Å². The van der Waals surface area contributed by atoms with Crippen LogP contribution in [0.2, 0.25) is 0 Å². The average Bonchev–Trinajstić information content (AvgIpc) is 2.34. The van der Waals surface area contributed by atoms with E-state index in [-0.39, 0.29) is 64.2 Å². The molecule has 0 aromatic carbocycles. The van der Waals surface area contributed by atoms with Crippen LogP contribution >= 0.6 is 0 Å². The van der Waals surface area contributed by atoms with Gasteiger partial charge in [-0.3, -0.25) is 4.99 Å². The van der Waals surface area contributed by atoms with Crippen LogP contribution in [0.3, 0.4) is 0 Å². The van der Waals surface area contributed by atoms with Crippen molar-refractivity contribution in [2.45, 2.75) is 32.4 Å². The summed E-state index contributed by atoms with van der Waals surface area (Å²) < 4.78 is 5.04. The second-order valence-corrected chi connectivity index (χ2v) is 2.47. The number of rotatable bonds is 2. The van der Waals surface area contributed by atoms with Crippen molar-refractivity contribution in [1.29, 1.82) is 0 Å². The molecule has 1 unspecified atom stereocenters. The zero-order chi connectivity index (χ0) is 7.56. The normalized spacial score (nSPS) is 25.0. The molecule has 1 aliphatic rings. The van der Waals surface area contributed by atoms with Crippen molar-refractivity contribution in [2.24, 2.45) is 4.99 Å². The van der Waals surface area contributed by atoms with Crippen LogP contribution in [0.15, 0.2) is 4.99 Å². The molecule has 0 aromatic rings. The molecule has 0 saturated carbocycles. The Morgan fingerprint density at radius 3 is 2.82 bits per heavy atom. The minimum atomic E-state index is -0.586. The van der Waals surface area contributed by atoms with E-state index in [0.717, 1.165) is 0 Å². The monoisotopic (exact) mass is 227 g/mol. The van der Waals surface area contributed by atoms with E-state index in [1.54, 1.807) is 6.92 Å². The molecule has 0 fully saturated rings. The van der Waals surface area contributed by atoms with Crippen LogP contribution in [0.5, 0.6) is 0 Å². The third-order valence-electron chi connectivity index (χ3n) is 1.64. The van der Waals surface area contributed by atoms with E-state index < -0.39 is 6.10 Å². The molecule has 1 aliphatic heterocycles. The first-order valence-electron chi connectivity index (χ1n) is 3.57. The summed E-state index contributed by atoms with van der Waals surface area (Å²) in [7, 11) is 0. The predicted octanol–water partition coefficient (Wildman–Crippen LogP) is -3.05. The number of hydrogen-bond acceptors (Lipinski definition) is 3. The second-order valence-electron chi connectivity index (χ2n) is 2.47. The van der Waals surface area contributed by atoms with Gasteiger partial charge in [-0.2, -0.15) is 0 Å². The number of nitrogens with zero attached hydrogens (tertiary/aromatic N) is 1. The van der Waals surface area contributed by atoms with Crippen molar-refractivity contribution in [2.75, 3.05) is 6.61 Å². The fourth-order valence-electron chi connectivity index (χ4n) is 0.977. The van der Waals surface area contributed by atoms with Gasteiger partial charge in [0.05, 0.1) is 6.04 Å². The maximum Gasteiger partial charge on any atom is 1.00 e. The third-order valence-corrected chi connectivity index (χ3v) is 1.64. The summed E-state index contributed by atoms with van der Waals surface area (Å²) in [6.45, 7) is 4.14. The molecular formula is C7H12NO2Rb. The van der Waals surface area contributed by atoms with Gasteiger partial charge in [-0.25, -0.2) is 0 Å². The van der Waals surface area contributed by atoms with Crippen LogP contribution in [-0.2, 0) is 4.74 Å². The largest absolute Gasteiger partial charge is 1.00 e. The second kappa shape index (κ2) is 5.81. The Balaban J connectivity index is 0.000001000. The number of aliphatic imine (C=N–C) groups is 1. The Labute approximate surface area is 116 Å². The molecule has 0 spiro atoms. The molecule has 11 heavy (non-hydrogen) atoms. The molecular weight excluding hydrogens is 216 g/mol. The molecule has 0 amide bonds. The SMILES string of the molecule is CC[C@H]([O-])C1COC(C)=N1.[Rb+]. The Kier molecular flexibility index (Phi) is 6.46. The molecule has 0 N–H and O–H groups in total. The molecule has 0 bridgehead atoms. The molecule has 0 radical (unpaired) electrons. The van der Waals surface area contributed by atoms with Crippen molar-refractivity contribution in [1.82, 2.24) is 0 Å². The molecule has 0 aliphatic carbocycles. The molecule has 58 valence electrons. The minimum Gasteiger partial charge on any atom is -0.850 e. The molecule has 4 heteroatoms. The van der Waals surface area contributed by atoms with E-state index in [4.69, 9.17) is 4.74 Å². The molecule has 0 saturated heterocycles. The smallest absolute Gasteiger partial charge is 0.850 e. The van der Waals surface area contributed by atoms with Crippen molar-refractivity contribution >= 4 is 5.90 Å². The van der Waals surface area contributed by atoms with E-state index in [1.807, 2.05) is 6.92 Å². The van der Waals surface area contributed by atoms with Crippen LogP contribution in [-0.4, -0.2) is 24.7 Å². The predicted molar refractivity (Wildman–Crippen MR) is 36.9 cm³/mol.